The predicted octanol–water partition coefficient (Wildman–Crippen LogP) is 3.95. The second-order valence-corrected chi connectivity index (χ2v) is 5.02. The molecule has 21 heavy (non-hydrogen) atoms. The Morgan fingerprint density at radius 1 is 1.10 bits per heavy atom. The van der Waals surface area contributed by atoms with E-state index < -0.39 is 17.7 Å². The topological polar surface area (TPSA) is 32.3 Å². The van der Waals surface area contributed by atoms with E-state index in [1.54, 1.807) is 18.2 Å². The van der Waals surface area contributed by atoms with Gasteiger partial charge < -0.3 is 10.4 Å². The molecule has 2 aromatic rings. The average molecular weight is 291 g/mol. The lowest BCUT2D eigenvalue weighted by Gasteiger charge is -2.20. The largest absolute Gasteiger partial charge is 0.508 e. The van der Waals surface area contributed by atoms with Crippen molar-refractivity contribution in [3.63, 3.8) is 0 Å². The summed E-state index contributed by atoms with van der Waals surface area (Å²) in [7, 11) is 0. The minimum absolute atomic E-state index is 0.0503. The van der Waals surface area contributed by atoms with Crippen LogP contribution in [0.3, 0.4) is 0 Å². The molecule has 0 fully saturated rings. The van der Waals surface area contributed by atoms with Crippen molar-refractivity contribution in [2.45, 2.75) is 25.8 Å². The lowest BCUT2D eigenvalue weighted by atomic mass is 9.97. The third kappa shape index (κ3) is 4.02. The summed E-state index contributed by atoms with van der Waals surface area (Å²) in [6, 6.07) is 10.2. The molecule has 0 aliphatic heterocycles. The highest BCUT2D eigenvalue weighted by Gasteiger charge is 2.20. The van der Waals surface area contributed by atoms with E-state index >= 15 is 0 Å². The van der Waals surface area contributed by atoms with Gasteiger partial charge in [-0.05, 0) is 49.2 Å². The van der Waals surface area contributed by atoms with Crippen LogP contribution in [0.2, 0.25) is 0 Å². The van der Waals surface area contributed by atoms with Crippen molar-refractivity contribution >= 4 is 0 Å². The molecule has 0 aliphatic carbocycles. The van der Waals surface area contributed by atoms with Crippen molar-refractivity contribution in [3.8, 4) is 5.75 Å². The number of nitrogens with one attached hydrogen (secondary N) is 1. The maximum Gasteiger partial charge on any atom is 0.130 e. The minimum Gasteiger partial charge on any atom is -0.508 e. The molecule has 0 saturated carbocycles. The van der Waals surface area contributed by atoms with Crippen molar-refractivity contribution in [1.82, 2.24) is 5.32 Å². The third-order valence-electron chi connectivity index (χ3n) is 3.34. The standard InChI is InChI=1S/C17H19F2NO/c1-2-9-20-16(11-12-5-3-6-13(21)10-12)17-14(18)7-4-8-15(17)19/h3-8,10,16,20-21H,2,9,11H2,1H3. The number of hydrogen-bond donors (Lipinski definition) is 2. The molecule has 1 unspecified atom stereocenters. The van der Waals surface area contributed by atoms with Gasteiger partial charge in [0.25, 0.3) is 0 Å². The fourth-order valence-corrected chi connectivity index (χ4v) is 2.36. The second kappa shape index (κ2) is 7.18. The van der Waals surface area contributed by atoms with Gasteiger partial charge in [0, 0.05) is 11.6 Å². The Balaban J connectivity index is 2.30. The molecule has 4 heteroatoms. The van der Waals surface area contributed by atoms with Gasteiger partial charge in [0.05, 0.1) is 0 Å². The Bertz CT molecular complexity index is 581. The molecule has 0 radical (unpaired) electrons. The van der Waals surface area contributed by atoms with Crippen LogP contribution in [0.5, 0.6) is 5.75 Å². The molecule has 0 aromatic heterocycles. The maximum absolute atomic E-state index is 14.0. The number of benzene rings is 2. The normalized spacial score (nSPS) is 12.3. The second-order valence-electron chi connectivity index (χ2n) is 5.02. The summed E-state index contributed by atoms with van der Waals surface area (Å²) in [5.41, 5.74) is 0.876. The SMILES string of the molecule is CCCNC(Cc1cccc(O)c1)c1c(F)cccc1F. The van der Waals surface area contributed by atoms with E-state index in [4.69, 9.17) is 0 Å². The number of phenols is 1. The average Bonchev–Trinajstić information content (AvgIpc) is 2.44. The molecule has 2 nitrogen and oxygen atoms in total. The minimum atomic E-state index is -0.552. The highest BCUT2D eigenvalue weighted by atomic mass is 19.1. The number of hydrogen-bond acceptors (Lipinski definition) is 2. The van der Waals surface area contributed by atoms with E-state index in [0.717, 1.165) is 12.0 Å². The van der Waals surface area contributed by atoms with Crippen molar-refractivity contribution in [2.24, 2.45) is 0 Å². The van der Waals surface area contributed by atoms with Crippen LogP contribution in [0.25, 0.3) is 0 Å². The Morgan fingerprint density at radius 2 is 1.76 bits per heavy atom. The van der Waals surface area contributed by atoms with Gasteiger partial charge >= 0.3 is 0 Å². The first-order valence-corrected chi connectivity index (χ1v) is 7.07. The maximum atomic E-state index is 14.0. The molecule has 0 saturated heterocycles. The molecule has 0 bridgehead atoms. The number of rotatable bonds is 6. The van der Waals surface area contributed by atoms with Crippen LogP contribution in [0, 0.1) is 11.6 Å². The summed E-state index contributed by atoms with van der Waals surface area (Å²) in [6.07, 6.45) is 1.28. The lowest BCUT2D eigenvalue weighted by molar-refractivity contribution is 0.460. The Kier molecular flexibility index (Phi) is 5.28. The first-order chi connectivity index (χ1) is 10.1. The summed E-state index contributed by atoms with van der Waals surface area (Å²) >= 11 is 0. The van der Waals surface area contributed by atoms with Crippen LogP contribution in [-0.2, 0) is 6.42 Å². The fraction of sp³-hybridized carbons (Fsp3) is 0.294. The van der Waals surface area contributed by atoms with Gasteiger partial charge in [-0.15, -0.1) is 0 Å². The number of phenolic OH excluding ortho intramolecular Hbond substituents is 1. The quantitative estimate of drug-likeness (QED) is 0.844. The summed E-state index contributed by atoms with van der Waals surface area (Å²) in [4.78, 5) is 0. The summed E-state index contributed by atoms with van der Waals surface area (Å²) in [6.45, 7) is 2.66. The van der Waals surface area contributed by atoms with Crippen LogP contribution in [-0.4, -0.2) is 11.7 Å². The Morgan fingerprint density at radius 3 is 2.38 bits per heavy atom. The smallest absolute Gasteiger partial charge is 0.130 e. The Hall–Kier alpha value is -1.94. The summed E-state index contributed by atoms with van der Waals surface area (Å²) in [5.74, 6) is -0.955. The third-order valence-corrected chi connectivity index (χ3v) is 3.34. The number of aromatic hydroxyl groups is 1. The molecule has 1 atom stereocenters. The molecule has 112 valence electrons. The first-order valence-electron chi connectivity index (χ1n) is 7.07. The molecule has 0 heterocycles. The zero-order valence-electron chi connectivity index (χ0n) is 11.9. The lowest BCUT2D eigenvalue weighted by Crippen LogP contribution is -2.26. The van der Waals surface area contributed by atoms with Gasteiger partial charge in [0.15, 0.2) is 0 Å². The van der Waals surface area contributed by atoms with E-state index in [2.05, 4.69) is 5.32 Å². The van der Waals surface area contributed by atoms with E-state index in [1.807, 2.05) is 13.0 Å². The van der Waals surface area contributed by atoms with Crippen LogP contribution in [0.1, 0.15) is 30.5 Å². The van der Waals surface area contributed by atoms with E-state index in [1.165, 1.54) is 18.2 Å². The summed E-state index contributed by atoms with van der Waals surface area (Å²) < 4.78 is 28.0. The molecular formula is C17H19F2NO. The molecule has 0 spiro atoms. The first kappa shape index (κ1) is 15.4. The molecule has 0 amide bonds. The van der Waals surface area contributed by atoms with Gasteiger partial charge in [-0.1, -0.05) is 25.1 Å². The molecular weight excluding hydrogens is 272 g/mol. The predicted molar refractivity (Wildman–Crippen MR) is 79.2 cm³/mol. The molecule has 2 aromatic carbocycles. The monoisotopic (exact) mass is 291 g/mol. The highest BCUT2D eigenvalue weighted by molar-refractivity contribution is 5.30. The van der Waals surface area contributed by atoms with Crippen molar-refractivity contribution in [2.75, 3.05) is 6.54 Å². The van der Waals surface area contributed by atoms with Crippen molar-refractivity contribution in [3.05, 3.63) is 65.2 Å². The number of halogens is 2. The van der Waals surface area contributed by atoms with Gasteiger partial charge in [-0.3, -0.25) is 0 Å². The van der Waals surface area contributed by atoms with E-state index in [-0.39, 0.29) is 11.3 Å². The highest BCUT2D eigenvalue weighted by Crippen LogP contribution is 2.25. The summed E-state index contributed by atoms with van der Waals surface area (Å²) in [5, 5.41) is 12.7. The van der Waals surface area contributed by atoms with Crippen LogP contribution < -0.4 is 5.32 Å². The van der Waals surface area contributed by atoms with Crippen LogP contribution in [0.4, 0.5) is 8.78 Å². The Labute approximate surface area is 123 Å². The molecule has 0 aliphatic rings. The molecule has 2 N–H and O–H groups in total. The zero-order valence-corrected chi connectivity index (χ0v) is 11.9. The zero-order chi connectivity index (χ0) is 15.2. The van der Waals surface area contributed by atoms with Gasteiger partial charge in [-0.2, -0.15) is 0 Å². The van der Waals surface area contributed by atoms with Gasteiger partial charge in [-0.25, -0.2) is 8.78 Å². The van der Waals surface area contributed by atoms with Gasteiger partial charge in [0.2, 0.25) is 0 Å². The van der Waals surface area contributed by atoms with Crippen molar-refractivity contribution in [1.29, 1.82) is 0 Å². The molecule has 2 rings (SSSR count). The van der Waals surface area contributed by atoms with Crippen LogP contribution >= 0.6 is 0 Å². The van der Waals surface area contributed by atoms with E-state index in [0.29, 0.717) is 13.0 Å². The van der Waals surface area contributed by atoms with Crippen LogP contribution in [0.15, 0.2) is 42.5 Å². The fourth-order valence-electron chi connectivity index (χ4n) is 2.36. The van der Waals surface area contributed by atoms with E-state index in [9.17, 15) is 13.9 Å². The van der Waals surface area contributed by atoms with Gasteiger partial charge in [0.1, 0.15) is 17.4 Å². The van der Waals surface area contributed by atoms with Crippen molar-refractivity contribution < 1.29 is 13.9 Å².